The summed E-state index contributed by atoms with van der Waals surface area (Å²) >= 11 is 1.86. The summed E-state index contributed by atoms with van der Waals surface area (Å²) in [4.78, 5) is 14.2. The number of hydrogen-bond acceptors (Lipinski definition) is 5. The number of nitrogens with zero attached hydrogens (tertiary/aromatic N) is 1. The summed E-state index contributed by atoms with van der Waals surface area (Å²) in [5, 5.41) is 9.96. The minimum absolute atomic E-state index is 0.167. The minimum atomic E-state index is -0.626. The molecule has 1 aliphatic rings. The highest BCUT2D eigenvalue weighted by Crippen LogP contribution is 2.24. The van der Waals surface area contributed by atoms with Gasteiger partial charge in [0.15, 0.2) is 5.76 Å². The molecule has 5 nitrogen and oxygen atoms in total. The number of hydrogen-bond donors (Lipinski definition) is 1. The molecule has 130 valence electrons. The molecule has 0 spiro atoms. The Bertz CT molecular complexity index is 517. The molecule has 0 bridgehead atoms. The number of furan rings is 1. The van der Waals surface area contributed by atoms with Gasteiger partial charge in [-0.1, -0.05) is 13.3 Å². The van der Waals surface area contributed by atoms with Crippen LogP contribution in [0.1, 0.15) is 48.6 Å². The molecule has 23 heavy (non-hydrogen) atoms. The molecule has 1 aliphatic heterocycles. The molecule has 2 heterocycles. The number of aryl methyl sites for hydroxylation is 1. The van der Waals surface area contributed by atoms with Crippen LogP contribution in [0.5, 0.6) is 0 Å². The van der Waals surface area contributed by atoms with Crippen LogP contribution in [-0.2, 0) is 10.5 Å². The van der Waals surface area contributed by atoms with Crippen LogP contribution in [0.2, 0.25) is 0 Å². The highest BCUT2D eigenvalue weighted by Gasteiger charge is 2.36. The number of carbonyl (C=O) groups excluding carboxylic acids is 1. The zero-order valence-corrected chi connectivity index (χ0v) is 15.0. The first-order chi connectivity index (χ1) is 11.1. The van der Waals surface area contributed by atoms with Crippen LogP contribution in [0.4, 0.5) is 0 Å². The van der Waals surface area contributed by atoms with E-state index in [-0.39, 0.29) is 12.0 Å². The van der Waals surface area contributed by atoms with Crippen LogP contribution in [-0.4, -0.2) is 53.6 Å². The molecule has 0 saturated carbocycles. The molecule has 1 aromatic heterocycles. The van der Waals surface area contributed by atoms with Crippen molar-refractivity contribution in [3.8, 4) is 0 Å². The second kappa shape index (κ2) is 8.76. The lowest BCUT2D eigenvalue weighted by Crippen LogP contribution is -2.29. The van der Waals surface area contributed by atoms with Crippen LogP contribution in [0.25, 0.3) is 0 Å². The first-order valence-electron chi connectivity index (χ1n) is 8.32. The number of rotatable bonds is 8. The average Bonchev–Trinajstić information content (AvgIpc) is 3.07. The van der Waals surface area contributed by atoms with Gasteiger partial charge in [-0.05, 0) is 32.1 Å². The fraction of sp³-hybridized carbons (Fsp3) is 0.706. The highest BCUT2D eigenvalue weighted by atomic mass is 32.2. The van der Waals surface area contributed by atoms with E-state index in [1.54, 1.807) is 4.90 Å². The van der Waals surface area contributed by atoms with Crippen LogP contribution >= 0.6 is 11.8 Å². The molecule has 2 atom stereocenters. The predicted molar refractivity (Wildman–Crippen MR) is 91.8 cm³/mol. The topological polar surface area (TPSA) is 62.9 Å². The Balaban J connectivity index is 1.95. The van der Waals surface area contributed by atoms with Gasteiger partial charge in [0.2, 0.25) is 0 Å². The van der Waals surface area contributed by atoms with E-state index in [0.29, 0.717) is 25.5 Å². The Hall–Kier alpha value is -0.980. The average molecular weight is 341 g/mol. The van der Waals surface area contributed by atoms with E-state index in [2.05, 4.69) is 6.92 Å². The van der Waals surface area contributed by atoms with Crippen molar-refractivity contribution in [2.45, 2.75) is 51.6 Å². The summed E-state index contributed by atoms with van der Waals surface area (Å²) < 4.78 is 11.1. The van der Waals surface area contributed by atoms with E-state index in [1.807, 2.05) is 31.7 Å². The van der Waals surface area contributed by atoms with Gasteiger partial charge in [0, 0.05) is 24.5 Å². The maximum atomic E-state index is 12.5. The predicted octanol–water partition coefficient (Wildman–Crippen LogP) is 2.84. The fourth-order valence-corrected chi connectivity index (χ4v) is 3.80. The molecule has 1 N–H and O–H groups in total. The van der Waals surface area contributed by atoms with Gasteiger partial charge in [0.1, 0.15) is 11.9 Å². The molecule has 0 aliphatic carbocycles. The van der Waals surface area contributed by atoms with Crippen molar-refractivity contribution in [2.75, 3.05) is 25.4 Å². The van der Waals surface area contributed by atoms with E-state index in [1.165, 1.54) is 12.8 Å². The number of thioether (sulfide) groups is 1. The molecule has 0 radical (unpaired) electrons. The van der Waals surface area contributed by atoms with Crippen LogP contribution in [0, 0.1) is 6.92 Å². The van der Waals surface area contributed by atoms with Gasteiger partial charge in [-0.2, -0.15) is 11.8 Å². The maximum Gasteiger partial charge on any atom is 0.289 e. The summed E-state index contributed by atoms with van der Waals surface area (Å²) in [7, 11) is 0. The standard InChI is InChI=1S/C17H27NO4S/c1-4-6-7-23-11-13-8-15(22-12(13)3)17(20)18-9-14(19)16(10-18)21-5-2/h8,14,16,19H,4-7,9-11H2,1-3H3/t14-,16-/m1/s1. The number of β-amino-alcohol motifs (C(OH)–C–C–N with tert-alkyl or cyclic N) is 1. The second-order valence-corrected chi connectivity index (χ2v) is 6.97. The monoisotopic (exact) mass is 341 g/mol. The Morgan fingerprint density at radius 1 is 1.48 bits per heavy atom. The molecule has 6 heteroatoms. The van der Waals surface area contributed by atoms with Crippen molar-refractivity contribution in [1.29, 1.82) is 0 Å². The fourth-order valence-electron chi connectivity index (χ4n) is 2.65. The summed E-state index contributed by atoms with van der Waals surface area (Å²) in [6.45, 7) is 7.20. The molecule has 1 saturated heterocycles. The van der Waals surface area contributed by atoms with Gasteiger partial charge in [0.25, 0.3) is 5.91 Å². The van der Waals surface area contributed by atoms with Crippen LogP contribution in [0.15, 0.2) is 10.5 Å². The van der Waals surface area contributed by atoms with Gasteiger partial charge in [-0.25, -0.2) is 0 Å². The molecular formula is C17H27NO4S. The number of aliphatic hydroxyl groups is 1. The number of ether oxygens (including phenoxy) is 1. The SMILES string of the molecule is CCCCSCc1cc(C(=O)N2C[C@@H](O)[C@H](OCC)C2)oc1C. The van der Waals surface area contributed by atoms with E-state index in [0.717, 1.165) is 22.8 Å². The number of aliphatic hydroxyl groups excluding tert-OH is 1. The molecule has 0 unspecified atom stereocenters. The first kappa shape index (κ1) is 18.4. The highest BCUT2D eigenvalue weighted by molar-refractivity contribution is 7.98. The first-order valence-corrected chi connectivity index (χ1v) is 9.48. The minimum Gasteiger partial charge on any atom is -0.456 e. The zero-order valence-electron chi connectivity index (χ0n) is 14.2. The van der Waals surface area contributed by atoms with Crippen LogP contribution in [0.3, 0.4) is 0 Å². The lowest BCUT2D eigenvalue weighted by Gasteiger charge is -2.14. The summed E-state index contributed by atoms with van der Waals surface area (Å²) in [5.74, 6) is 2.99. The maximum absolute atomic E-state index is 12.5. The third-order valence-corrected chi connectivity index (χ3v) is 5.13. The molecule has 1 aromatic rings. The largest absolute Gasteiger partial charge is 0.456 e. The lowest BCUT2D eigenvalue weighted by molar-refractivity contribution is -0.00239. The Morgan fingerprint density at radius 2 is 2.26 bits per heavy atom. The van der Waals surface area contributed by atoms with Crippen molar-refractivity contribution in [3.63, 3.8) is 0 Å². The van der Waals surface area contributed by atoms with Crippen molar-refractivity contribution in [1.82, 2.24) is 4.90 Å². The summed E-state index contributed by atoms with van der Waals surface area (Å²) in [5.41, 5.74) is 1.08. The van der Waals surface area contributed by atoms with Gasteiger partial charge < -0.3 is 19.2 Å². The summed E-state index contributed by atoms with van der Waals surface area (Å²) in [6.07, 6.45) is 1.47. The molecule has 1 fully saturated rings. The smallest absolute Gasteiger partial charge is 0.289 e. The zero-order chi connectivity index (χ0) is 16.8. The van der Waals surface area contributed by atoms with Gasteiger partial charge in [0.05, 0.1) is 12.6 Å². The molecule has 2 rings (SSSR count). The quantitative estimate of drug-likeness (QED) is 0.737. The number of unbranched alkanes of at least 4 members (excludes halogenated alkanes) is 1. The van der Waals surface area contributed by atoms with Crippen molar-refractivity contribution >= 4 is 17.7 Å². The van der Waals surface area contributed by atoms with Crippen molar-refractivity contribution in [3.05, 3.63) is 23.2 Å². The number of likely N-dealkylation sites (tertiary alicyclic amines) is 1. The molecule has 1 amide bonds. The summed E-state index contributed by atoms with van der Waals surface area (Å²) in [6, 6.07) is 1.84. The normalized spacial score (nSPS) is 21.1. The van der Waals surface area contributed by atoms with Crippen molar-refractivity contribution in [2.24, 2.45) is 0 Å². The number of amides is 1. The Kier molecular flexibility index (Phi) is 6.99. The molecule has 0 aromatic carbocycles. The molecular weight excluding hydrogens is 314 g/mol. The van der Waals surface area contributed by atoms with Crippen LogP contribution < -0.4 is 0 Å². The van der Waals surface area contributed by atoms with E-state index < -0.39 is 6.10 Å². The van der Waals surface area contributed by atoms with Crippen molar-refractivity contribution < 1.29 is 19.1 Å². The van der Waals surface area contributed by atoms with Gasteiger partial charge in [-0.3, -0.25) is 4.79 Å². The lowest BCUT2D eigenvalue weighted by atomic mass is 10.2. The third kappa shape index (κ3) is 4.75. The second-order valence-electron chi connectivity index (χ2n) is 5.87. The van der Waals surface area contributed by atoms with Gasteiger partial charge >= 0.3 is 0 Å². The van der Waals surface area contributed by atoms with E-state index in [4.69, 9.17) is 9.15 Å². The van der Waals surface area contributed by atoms with Gasteiger partial charge in [-0.15, -0.1) is 0 Å². The van der Waals surface area contributed by atoms with E-state index in [9.17, 15) is 9.90 Å². The Morgan fingerprint density at radius 3 is 2.96 bits per heavy atom. The third-order valence-electron chi connectivity index (χ3n) is 4.04. The van der Waals surface area contributed by atoms with E-state index >= 15 is 0 Å². The number of carbonyl (C=O) groups is 1. The Labute approximate surface area is 142 Å².